The number of anilines is 1. The van der Waals surface area contributed by atoms with Crippen molar-refractivity contribution in [2.24, 2.45) is 0 Å². The smallest absolute Gasteiger partial charge is 0.255 e. The molecule has 124 valence electrons. The van der Waals surface area contributed by atoms with E-state index >= 15 is 0 Å². The van der Waals surface area contributed by atoms with Gasteiger partial charge >= 0.3 is 0 Å². The van der Waals surface area contributed by atoms with E-state index in [1.54, 1.807) is 24.3 Å². The van der Waals surface area contributed by atoms with E-state index in [9.17, 15) is 9.59 Å². The van der Waals surface area contributed by atoms with Gasteiger partial charge in [-0.2, -0.15) is 0 Å². The summed E-state index contributed by atoms with van der Waals surface area (Å²) in [6, 6.07) is 14.7. The zero-order valence-corrected chi connectivity index (χ0v) is 13.9. The lowest BCUT2D eigenvalue weighted by Gasteiger charge is -2.15. The molecule has 0 saturated carbocycles. The largest absolute Gasteiger partial charge is 0.339 e. The summed E-state index contributed by atoms with van der Waals surface area (Å²) < 4.78 is 0. The third kappa shape index (κ3) is 3.48. The number of benzene rings is 2. The van der Waals surface area contributed by atoms with Gasteiger partial charge in [-0.1, -0.05) is 25.1 Å². The van der Waals surface area contributed by atoms with E-state index < -0.39 is 0 Å². The van der Waals surface area contributed by atoms with Crippen LogP contribution >= 0.6 is 0 Å². The molecule has 0 radical (unpaired) electrons. The summed E-state index contributed by atoms with van der Waals surface area (Å²) in [4.78, 5) is 26.6. The van der Waals surface area contributed by atoms with Crippen molar-refractivity contribution in [3.63, 3.8) is 0 Å². The van der Waals surface area contributed by atoms with Gasteiger partial charge in [0.15, 0.2) is 0 Å². The minimum Gasteiger partial charge on any atom is -0.339 e. The Morgan fingerprint density at radius 2 is 1.58 bits per heavy atom. The maximum Gasteiger partial charge on any atom is 0.255 e. The highest BCUT2D eigenvalue weighted by Gasteiger charge is 2.19. The first-order chi connectivity index (χ1) is 11.7. The molecule has 1 fully saturated rings. The first kappa shape index (κ1) is 16.2. The second-order valence-corrected chi connectivity index (χ2v) is 6.04. The third-order valence-corrected chi connectivity index (χ3v) is 4.43. The number of carbonyl (C=O) groups is 2. The van der Waals surface area contributed by atoms with Crippen LogP contribution in [-0.4, -0.2) is 29.8 Å². The Hall–Kier alpha value is -2.62. The topological polar surface area (TPSA) is 49.4 Å². The molecule has 4 nitrogen and oxygen atoms in total. The van der Waals surface area contributed by atoms with Crippen LogP contribution in [-0.2, 0) is 6.42 Å². The predicted octanol–water partition coefficient (Wildman–Crippen LogP) is 3.74. The normalized spacial score (nSPS) is 13.8. The van der Waals surface area contributed by atoms with Gasteiger partial charge in [-0.25, -0.2) is 0 Å². The molecule has 1 aliphatic rings. The van der Waals surface area contributed by atoms with Crippen molar-refractivity contribution in [1.82, 2.24) is 4.90 Å². The van der Waals surface area contributed by atoms with E-state index in [2.05, 4.69) is 12.2 Å². The number of rotatable bonds is 4. The molecule has 4 heteroatoms. The number of aryl methyl sites for hydroxylation is 1. The summed E-state index contributed by atoms with van der Waals surface area (Å²) in [6.07, 6.45) is 3.01. The maximum absolute atomic E-state index is 12.4. The lowest BCUT2D eigenvalue weighted by atomic mass is 10.1. The van der Waals surface area contributed by atoms with Crippen molar-refractivity contribution in [2.75, 3.05) is 18.4 Å². The highest BCUT2D eigenvalue weighted by atomic mass is 16.2. The van der Waals surface area contributed by atoms with Crippen LogP contribution in [0.1, 0.15) is 46.0 Å². The summed E-state index contributed by atoms with van der Waals surface area (Å²) in [5.41, 5.74) is 3.13. The summed E-state index contributed by atoms with van der Waals surface area (Å²) >= 11 is 0. The lowest BCUT2D eigenvalue weighted by Crippen LogP contribution is -2.27. The fourth-order valence-electron chi connectivity index (χ4n) is 3.01. The standard InChI is InChI=1S/C20H22N2O2/c1-2-15-7-3-4-8-18(15)21-19(23)16-9-11-17(12-10-16)20(24)22-13-5-6-14-22/h3-4,7-12H,2,5-6,13-14H2,1H3,(H,21,23). The van der Waals surface area contributed by atoms with Gasteiger partial charge in [-0.05, 0) is 55.2 Å². The van der Waals surface area contributed by atoms with Gasteiger partial charge in [0.25, 0.3) is 11.8 Å². The fourth-order valence-corrected chi connectivity index (χ4v) is 3.01. The maximum atomic E-state index is 12.4. The Labute approximate surface area is 142 Å². The molecule has 1 N–H and O–H groups in total. The summed E-state index contributed by atoms with van der Waals surface area (Å²) in [6.45, 7) is 3.72. The Kier molecular flexibility index (Phi) is 4.94. The highest BCUT2D eigenvalue weighted by molar-refractivity contribution is 6.05. The molecule has 3 rings (SSSR count). The van der Waals surface area contributed by atoms with Gasteiger partial charge in [0, 0.05) is 29.9 Å². The van der Waals surface area contributed by atoms with Crippen LogP contribution in [0.5, 0.6) is 0 Å². The SMILES string of the molecule is CCc1ccccc1NC(=O)c1ccc(C(=O)N2CCCC2)cc1. The van der Waals surface area contributed by atoms with Gasteiger partial charge in [0.1, 0.15) is 0 Å². The van der Waals surface area contributed by atoms with E-state index in [1.807, 2.05) is 29.2 Å². The van der Waals surface area contributed by atoms with Gasteiger partial charge in [0.05, 0.1) is 0 Å². The van der Waals surface area contributed by atoms with Gasteiger partial charge in [0.2, 0.25) is 0 Å². The lowest BCUT2D eigenvalue weighted by molar-refractivity contribution is 0.0792. The van der Waals surface area contributed by atoms with Crippen molar-refractivity contribution in [2.45, 2.75) is 26.2 Å². The minimum atomic E-state index is -0.156. The van der Waals surface area contributed by atoms with E-state index in [-0.39, 0.29) is 11.8 Å². The number of hydrogen-bond donors (Lipinski definition) is 1. The number of para-hydroxylation sites is 1. The molecule has 2 amide bonds. The van der Waals surface area contributed by atoms with Gasteiger partial charge in [-0.15, -0.1) is 0 Å². The Morgan fingerprint density at radius 3 is 2.25 bits per heavy atom. The van der Waals surface area contributed by atoms with E-state index in [1.165, 1.54) is 0 Å². The third-order valence-electron chi connectivity index (χ3n) is 4.43. The summed E-state index contributed by atoms with van der Waals surface area (Å²) in [5, 5.41) is 2.95. The van der Waals surface area contributed by atoms with Crippen LogP contribution in [0.25, 0.3) is 0 Å². The van der Waals surface area contributed by atoms with E-state index in [0.29, 0.717) is 11.1 Å². The summed E-state index contributed by atoms with van der Waals surface area (Å²) in [7, 11) is 0. The van der Waals surface area contributed by atoms with Crippen LogP contribution in [0.15, 0.2) is 48.5 Å². The van der Waals surface area contributed by atoms with Crippen molar-refractivity contribution in [3.05, 3.63) is 65.2 Å². The Bertz CT molecular complexity index is 732. The second kappa shape index (κ2) is 7.30. The fraction of sp³-hybridized carbons (Fsp3) is 0.300. The molecule has 0 spiro atoms. The zero-order valence-electron chi connectivity index (χ0n) is 13.9. The number of amides is 2. The molecule has 0 aliphatic carbocycles. The van der Waals surface area contributed by atoms with Crippen molar-refractivity contribution >= 4 is 17.5 Å². The molecule has 0 bridgehead atoms. The minimum absolute atomic E-state index is 0.0517. The molecule has 0 aromatic heterocycles. The van der Waals surface area contributed by atoms with Crippen LogP contribution in [0.2, 0.25) is 0 Å². The van der Waals surface area contributed by atoms with Crippen LogP contribution in [0, 0.1) is 0 Å². The first-order valence-electron chi connectivity index (χ1n) is 8.47. The molecule has 0 unspecified atom stereocenters. The van der Waals surface area contributed by atoms with Crippen molar-refractivity contribution < 1.29 is 9.59 Å². The van der Waals surface area contributed by atoms with Crippen molar-refractivity contribution in [1.29, 1.82) is 0 Å². The quantitative estimate of drug-likeness (QED) is 0.932. The average Bonchev–Trinajstić information content (AvgIpc) is 3.16. The molecular formula is C20H22N2O2. The molecule has 1 heterocycles. The monoisotopic (exact) mass is 322 g/mol. The van der Waals surface area contributed by atoms with Crippen LogP contribution in [0.3, 0.4) is 0 Å². The number of carbonyl (C=O) groups excluding carboxylic acids is 2. The first-order valence-corrected chi connectivity index (χ1v) is 8.47. The molecular weight excluding hydrogens is 300 g/mol. The number of nitrogens with zero attached hydrogens (tertiary/aromatic N) is 1. The van der Waals surface area contributed by atoms with E-state index in [0.717, 1.165) is 43.6 Å². The van der Waals surface area contributed by atoms with E-state index in [4.69, 9.17) is 0 Å². The van der Waals surface area contributed by atoms with Gasteiger partial charge < -0.3 is 10.2 Å². The Morgan fingerprint density at radius 1 is 0.958 bits per heavy atom. The predicted molar refractivity (Wildman–Crippen MR) is 95.4 cm³/mol. The second-order valence-electron chi connectivity index (χ2n) is 6.04. The zero-order chi connectivity index (χ0) is 16.9. The molecule has 1 aliphatic heterocycles. The van der Waals surface area contributed by atoms with Crippen LogP contribution in [0.4, 0.5) is 5.69 Å². The highest BCUT2D eigenvalue weighted by Crippen LogP contribution is 2.18. The molecule has 2 aromatic rings. The van der Waals surface area contributed by atoms with Gasteiger partial charge in [-0.3, -0.25) is 9.59 Å². The molecule has 1 saturated heterocycles. The summed E-state index contributed by atoms with van der Waals surface area (Å²) in [5.74, 6) is -0.105. The molecule has 24 heavy (non-hydrogen) atoms. The number of nitrogens with one attached hydrogen (secondary N) is 1. The number of likely N-dealkylation sites (tertiary alicyclic amines) is 1. The molecule has 2 aromatic carbocycles. The van der Waals surface area contributed by atoms with Crippen LogP contribution < -0.4 is 5.32 Å². The molecule has 0 atom stereocenters. The average molecular weight is 322 g/mol. The number of hydrogen-bond acceptors (Lipinski definition) is 2. The van der Waals surface area contributed by atoms with Crippen molar-refractivity contribution in [3.8, 4) is 0 Å². The Balaban J connectivity index is 1.70.